The second-order valence-corrected chi connectivity index (χ2v) is 3.83. The number of hydrogen-bond acceptors (Lipinski definition) is 2. The van der Waals surface area contributed by atoms with Gasteiger partial charge in [0.25, 0.3) is 0 Å². The highest BCUT2D eigenvalue weighted by atomic mass is 16.5. The van der Waals surface area contributed by atoms with Crippen LogP contribution in [0.15, 0.2) is 30.3 Å². The van der Waals surface area contributed by atoms with Crippen molar-refractivity contribution in [3.05, 3.63) is 35.9 Å². The van der Waals surface area contributed by atoms with E-state index in [1.807, 2.05) is 30.3 Å². The third kappa shape index (κ3) is 2.18. The highest BCUT2D eigenvalue weighted by Gasteiger charge is 2.32. The van der Waals surface area contributed by atoms with E-state index in [0.717, 1.165) is 5.56 Å². The Morgan fingerprint density at radius 2 is 2.07 bits per heavy atom. The van der Waals surface area contributed by atoms with Crippen LogP contribution in [0.5, 0.6) is 0 Å². The van der Waals surface area contributed by atoms with E-state index in [1.165, 1.54) is 0 Å². The second kappa shape index (κ2) is 4.45. The first-order chi connectivity index (χ1) is 7.29. The Bertz CT molecular complexity index is 334. The van der Waals surface area contributed by atoms with Gasteiger partial charge in [-0.05, 0) is 12.0 Å². The predicted molar refractivity (Wildman–Crippen MR) is 55.7 cm³/mol. The molecule has 80 valence electrons. The Kier molecular flexibility index (Phi) is 3.02. The van der Waals surface area contributed by atoms with E-state index in [9.17, 15) is 4.79 Å². The molecule has 0 radical (unpaired) electrons. The molecule has 2 rings (SSSR count). The fourth-order valence-electron chi connectivity index (χ4n) is 2.06. The van der Waals surface area contributed by atoms with E-state index in [-0.39, 0.29) is 11.8 Å². The Morgan fingerprint density at radius 1 is 1.33 bits per heavy atom. The van der Waals surface area contributed by atoms with Gasteiger partial charge in [-0.25, -0.2) is 0 Å². The average Bonchev–Trinajstić information content (AvgIpc) is 2.30. The van der Waals surface area contributed by atoms with Gasteiger partial charge in [0.05, 0.1) is 12.5 Å². The molecule has 15 heavy (non-hydrogen) atoms. The van der Waals surface area contributed by atoms with Gasteiger partial charge in [0.1, 0.15) is 0 Å². The Morgan fingerprint density at radius 3 is 2.73 bits per heavy atom. The monoisotopic (exact) mass is 206 g/mol. The van der Waals surface area contributed by atoms with Crippen LogP contribution < -0.4 is 0 Å². The molecule has 0 aromatic heterocycles. The van der Waals surface area contributed by atoms with Gasteiger partial charge in [-0.3, -0.25) is 4.79 Å². The van der Waals surface area contributed by atoms with Gasteiger partial charge < -0.3 is 9.84 Å². The summed E-state index contributed by atoms with van der Waals surface area (Å²) >= 11 is 0. The number of carboxylic acid groups (broad SMARTS) is 1. The lowest BCUT2D eigenvalue weighted by molar-refractivity contribution is -0.146. The van der Waals surface area contributed by atoms with Crippen LogP contribution >= 0.6 is 0 Å². The van der Waals surface area contributed by atoms with Crippen molar-refractivity contribution in [2.24, 2.45) is 5.92 Å². The summed E-state index contributed by atoms with van der Waals surface area (Å²) in [5, 5.41) is 9.11. The molecule has 0 spiro atoms. The number of hydrogen-bond donors (Lipinski definition) is 1. The SMILES string of the molecule is O=C(O)[C@@H]1CCOC[C@H]1c1ccccc1. The number of rotatable bonds is 2. The molecule has 3 heteroatoms. The van der Waals surface area contributed by atoms with Crippen molar-refractivity contribution in [1.82, 2.24) is 0 Å². The zero-order chi connectivity index (χ0) is 10.7. The number of aliphatic carboxylic acids is 1. The lowest BCUT2D eigenvalue weighted by atomic mass is 9.83. The number of carboxylic acids is 1. The van der Waals surface area contributed by atoms with E-state index < -0.39 is 5.97 Å². The van der Waals surface area contributed by atoms with Crippen molar-refractivity contribution in [3.63, 3.8) is 0 Å². The van der Waals surface area contributed by atoms with Crippen LogP contribution in [0, 0.1) is 5.92 Å². The Labute approximate surface area is 88.7 Å². The maximum absolute atomic E-state index is 11.1. The predicted octanol–water partition coefficient (Wildman–Crippen LogP) is 1.89. The first-order valence-electron chi connectivity index (χ1n) is 5.14. The molecule has 0 unspecified atom stereocenters. The topological polar surface area (TPSA) is 46.5 Å². The van der Waals surface area contributed by atoms with Crippen LogP contribution in [0.2, 0.25) is 0 Å². The van der Waals surface area contributed by atoms with E-state index in [0.29, 0.717) is 19.6 Å². The third-order valence-corrected chi connectivity index (χ3v) is 2.90. The van der Waals surface area contributed by atoms with Crippen LogP contribution in [-0.2, 0) is 9.53 Å². The summed E-state index contributed by atoms with van der Waals surface area (Å²) in [7, 11) is 0. The molecule has 1 fully saturated rings. The van der Waals surface area contributed by atoms with Crippen molar-refractivity contribution in [2.45, 2.75) is 12.3 Å². The molecule has 1 aliphatic rings. The van der Waals surface area contributed by atoms with Gasteiger partial charge in [0, 0.05) is 12.5 Å². The molecule has 1 aliphatic heterocycles. The van der Waals surface area contributed by atoms with Crippen LogP contribution in [0.3, 0.4) is 0 Å². The van der Waals surface area contributed by atoms with E-state index in [1.54, 1.807) is 0 Å². The Hall–Kier alpha value is -1.35. The molecule has 1 saturated heterocycles. The van der Waals surface area contributed by atoms with Crippen molar-refractivity contribution < 1.29 is 14.6 Å². The summed E-state index contributed by atoms with van der Waals surface area (Å²) < 4.78 is 5.35. The molecule has 1 aromatic carbocycles. The smallest absolute Gasteiger partial charge is 0.307 e. The van der Waals surface area contributed by atoms with E-state index >= 15 is 0 Å². The lowest BCUT2D eigenvalue weighted by Gasteiger charge is -2.28. The lowest BCUT2D eigenvalue weighted by Crippen LogP contribution is -2.31. The standard InChI is InChI=1S/C12H14O3/c13-12(14)10-6-7-15-8-11(10)9-4-2-1-3-5-9/h1-5,10-11H,6-8H2,(H,13,14)/t10-,11+/m1/s1. The van der Waals surface area contributed by atoms with Crippen molar-refractivity contribution >= 4 is 5.97 Å². The molecule has 0 amide bonds. The van der Waals surface area contributed by atoms with Crippen molar-refractivity contribution in [3.8, 4) is 0 Å². The normalized spacial score (nSPS) is 26.1. The molecule has 1 heterocycles. The van der Waals surface area contributed by atoms with Gasteiger partial charge in [-0.15, -0.1) is 0 Å². The zero-order valence-electron chi connectivity index (χ0n) is 8.43. The maximum Gasteiger partial charge on any atom is 0.307 e. The minimum Gasteiger partial charge on any atom is -0.481 e. The molecular weight excluding hydrogens is 192 g/mol. The fraction of sp³-hybridized carbons (Fsp3) is 0.417. The summed E-state index contributed by atoms with van der Waals surface area (Å²) in [6.45, 7) is 1.07. The summed E-state index contributed by atoms with van der Waals surface area (Å²) in [6.07, 6.45) is 0.606. The van der Waals surface area contributed by atoms with Gasteiger partial charge in [0.15, 0.2) is 0 Å². The minimum absolute atomic E-state index is 0.00236. The molecule has 3 nitrogen and oxygen atoms in total. The summed E-state index contributed by atoms with van der Waals surface area (Å²) in [5.41, 5.74) is 1.06. The number of ether oxygens (including phenoxy) is 1. The van der Waals surface area contributed by atoms with Gasteiger partial charge in [-0.2, -0.15) is 0 Å². The van der Waals surface area contributed by atoms with Crippen LogP contribution in [0.1, 0.15) is 17.9 Å². The van der Waals surface area contributed by atoms with E-state index in [2.05, 4.69) is 0 Å². The fourth-order valence-corrected chi connectivity index (χ4v) is 2.06. The van der Waals surface area contributed by atoms with E-state index in [4.69, 9.17) is 9.84 Å². The quantitative estimate of drug-likeness (QED) is 0.803. The number of carbonyl (C=O) groups is 1. The van der Waals surface area contributed by atoms with Crippen LogP contribution in [0.4, 0.5) is 0 Å². The largest absolute Gasteiger partial charge is 0.481 e. The molecule has 0 saturated carbocycles. The first kappa shape index (κ1) is 10.2. The number of benzene rings is 1. The average molecular weight is 206 g/mol. The molecule has 0 aliphatic carbocycles. The van der Waals surface area contributed by atoms with Gasteiger partial charge >= 0.3 is 5.97 Å². The molecular formula is C12H14O3. The first-order valence-corrected chi connectivity index (χ1v) is 5.14. The van der Waals surface area contributed by atoms with Crippen LogP contribution in [-0.4, -0.2) is 24.3 Å². The maximum atomic E-state index is 11.1. The summed E-state index contributed by atoms with van der Waals surface area (Å²) in [6, 6.07) is 9.74. The molecule has 1 aromatic rings. The van der Waals surface area contributed by atoms with Crippen molar-refractivity contribution in [2.75, 3.05) is 13.2 Å². The molecule has 1 N–H and O–H groups in total. The van der Waals surface area contributed by atoms with Crippen LogP contribution in [0.25, 0.3) is 0 Å². The van der Waals surface area contributed by atoms with Gasteiger partial charge in [-0.1, -0.05) is 30.3 Å². The minimum atomic E-state index is -0.716. The Balaban J connectivity index is 2.22. The van der Waals surface area contributed by atoms with Crippen molar-refractivity contribution in [1.29, 1.82) is 0 Å². The second-order valence-electron chi connectivity index (χ2n) is 3.83. The molecule has 2 atom stereocenters. The molecule has 0 bridgehead atoms. The summed E-state index contributed by atoms with van der Waals surface area (Å²) in [5.74, 6) is -1.02. The van der Waals surface area contributed by atoms with Gasteiger partial charge in [0.2, 0.25) is 0 Å². The highest BCUT2D eigenvalue weighted by molar-refractivity contribution is 5.71. The zero-order valence-corrected chi connectivity index (χ0v) is 8.43. The third-order valence-electron chi connectivity index (χ3n) is 2.90. The summed E-state index contributed by atoms with van der Waals surface area (Å²) in [4.78, 5) is 11.1. The highest BCUT2D eigenvalue weighted by Crippen LogP contribution is 2.31.